The Morgan fingerprint density at radius 2 is 2.13 bits per heavy atom. The number of hydrazone groups is 1. The summed E-state index contributed by atoms with van der Waals surface area (Å²) < 4.78 is 6.05. The van der Waals surface area contributed by atoms with Crippen LogP contribution in [0.5, 0.6) is 11.5 Å². The van der Waals surface area contributed by atoms with Gasteiger partial charge in [0.25, 0.3) is 5.91 Å². The van der Waals surface area contributed by atoms with Crippen LogP contribution in [-0.4, -0.2) is 23.3 Å². The van der Waals surface area contributed by atoms with E-state index in [-0.39, 0.29) is 12.4 Å². The summed E-state index contributed by atoms with van der Waals surface area (Å²) in [6.07, 6.45) is 0. The second-order valence-corrected chi connectivity index (χ2v) is 5.94. The summed E-state index contributed by atoms with van der Waals surface area (Å²) in [5.74, 6) is 0.254. The highest BCUT2D eigenvalue weighted by Crippen LogP contribution is 2.27. The van der Waals surface area contributed by atoms with Gasteiger partial charge in [0.2, 0.25) is 0 Å². The molecule has 0 bridgehead atoms. The van der Waals surface area contributed by atoms with Crippen molar-refractivity contribution in [3.05, 3.63) is 57.5 Å². The molecule has 2 aromatic carbocycles. The zero-order chi connectivity index (χ0) is 16.8. The minimum absolute atomic E-state index is 0.138. The summed E-state index contributed by atoms with van der Waals surface area (Å²) >= 11 is 9.14. The number of benzene rings is 2. The predicted octanol–water partition coefficient (Wildman–Crippen LogP) is 3.73. The first kappa shape index (κ1) is 17.3. The van der Waals surface area contributed by atoms with Gasteiger partial charge < -0.3 is 9.84 Å². The Bertz CT molecular complexity index is 750. The maximum absolute atomic E-state index is 11.8. The van der Waals surface area contributed by atoms with Crippen molar-refractivity contribution in [1.29, 1.82) is 0 Å². The quantitative estimate of drug-likeness (QED) is 0.596. The van der Waals surface area contributed by atoms with Gasteiger partial charge in [-0.3, -0.25) is 4.79 Å². The Morgan fingerprint density at radius 3 is 2.83 bits per heavy atom. The molecule has 0 aliphatic carbocycles. The van der Waals surface area contributed by atoms with Gasteiger partial charge in [0, 0.05) is 10.6 Å². The summed E-state index contributed by atoms with van der Waals surface area (Å²) in [7, 11) is 0. The third kappa shape index (κ3) is 5.26. The number of hydrogen-bond donors (Lipinski definition) is 2. The molecule has 2 rings (SSSR count). The lowest BCUT2D eigenvalue weighted by Crippen LogP contribution is -2.25. The lowest BCUT2D eigenvalue weighted by Gasteiger charge is -2.08. The van der Waals surface area contributed by atoms with Crippen molar-refractivity contribution in [2.24, 2.45) is 5.10 Å². The van der Waals surface area contributed by atoms with Crippen LogP contribution < -0.4 is 10.2 Å². The van der Waals surface area contributed by atoms with Crippen LogP contribution in [0.15, 0.2) is 52.0 Å². The lowest BCUT2D eigenvalue weighted by atomic mass is 10.1. The molecule has 7 heteroatoms. The Kier molecular flexibility index (Phi) is 6.01. The number of nitrogens with one attached hydrogen (secondary N) is 1. The van der Waals surface area contributed by atoms with Crippen molar-refractivity contribution in [2.75, 3.05) is 6.61 Å². The summed E-state index contributed by atoms with van der Waals surface area (Å²) in [6, 6.07) is 11.6. The molecule has 0 unspecified atom stereocenters. The number of carbonyl (C=O) groups is 1. The number of halogens is 2. The molecular weight excluding hydrogens is 384 g/mol. The second-order valence-electron chi connectivity index (χ2n) is 4.65. The van der Waals surface area contributed by atoms with E-state index in [9.17, 15) is 9.90 Å². The average molecular weight is 398 g/mol. The van der Waals surface area contributed by atoms with Crippen molar-refractivity contribution >= 4 is 39.1 Å². The Balaban J connectivity index is 1.90. The zero-order valence-corrected chi connectivity index (χ0v) is 14.6. The number of ether oxygens (including phenoxy) is 1. The maximum Gasteiger partial charge on any atom is 0.277 e. The number of amides is 1. The van der Waals surface area contributed by atoms with Crippen LogP contribution in [0.25, 0.3) is 0 Å². The van der Waals surface area contributed by atoms with Crippen LogP contribution in [0.1, 0.15) is 12.5 Å². The number of carbonyl (C=O) groups excluding carboxylic acids is 1. The van der Waals surface area contributed by atoms with Gasteiger partial charge >= 0.3 is 0 Å². The van der Waals surface area contributed by atoms with Crippen molar-refractivity contribution in [3.63, 3.8) is 0 Å². The molecule has 0 spiro atoms. The predicted molar refractivity (Wildman–Crippen MR) is 93.1 cm³/mol. The van der Waals surface area contributed by atoms with Crippen LogP contribution in [0, 0.1) is 0 Å². The Hall–Kier alpha value is -2.05. The van der Waals surface area contributed by atoms with Gasteiger partial charge in [-0.2, -0.15) is 5.10 Å². The third-order valence-electron chi connectivity index (χ3n) is 2.86. The Labute approximate surface area is 147 Å². The molecule has 0 fully saturated rings. The van der Waals surface area contributed by atoms with Crippen LogP contribution in [0.4, 0.5) is 0 Å². The zero-order valence-electron chi connectivity index (χ0n) is 12.2. The molecule has 0 atom stereocenters. The first-order chi connectivity index (χ1) is 11.0. The minimum atomic E-state index is -0.397. The van der Waals surface area contributed by atoms with E-state index >= 15 is 0 Å². The molecule has 0 saturated heterocycles. The molecule has 0 aliphatic rings. The van der Waals surface area contributed by atoms with E-state index in [0.717, 1.165) is 0 Å². The number of phenols is 1. The van der Waals surface area contributed by atoms with Gasteiger partial charge in [-0.1, -0.05) is 23.7 Å². The molecule has 2 aromatic rings. The SMILES string of the molecule is C/C(=N/NC(=O)COc1ccc(Cl)cc1Br)c1cccc(O)c1. The van der Waals surface area contributed by atoms with Gasteiger partial charge in [0.1, 0.15) is 11.5 Å². The van der Waals surface area contributed by atoms with E-state index in [1.54, 1.807) is 49.4 Å². The minimum Gasteiger partial charge on any atom is -0.508 e. The molecule has 2 N–H and O–H groups in total. The summed E-state index contributed by atoms with van der Waals surface area (Å²) in [5.41, 5.74) is 3.69. The van der Waals surface area contributed by atoms with Crippen molar-refractivity contribution in [2.45, 2.75) is 6.92 Å². The smallest absolute Gasteiger partial charge is 0.277 e. The number of phenolic OH excluding ortho intramolecular Hbond substituents is 1. The maximum atomic E-state index is 11.8. The monoisotopic (exact) mass is 396 g/mol. The highest BCUT2D eigenvalue weighted by molar-refractivity contribution is 9.10. The van der Waals surface area contributed by atoms with E-state index in [1.165, 1.54) is 0 Å². The van der Waals surface area contributed by atoms with Crippen molar-refractivity contribution in [1.82, 2.24) is 5.43 Å². The van der Waals surface area contributed by atoms with Crippen LogP contribution in [0.2, 0.25) is 5.02 Å². The van der Waals surface area contributed by atoms with E-state index in [0.29, 0.717) is 26.5 Å². The topological polar surface area (TPSA) is 70.9 Å². The van der Waals surface area contributed by atoms with Crippen LogP contribution >= 0.6 is 27.5 Å². The lowest BCUT2D eigenvalue weighted by molar-refractivity contribution is -0.123. The summed E-state index contributed by atoms with van der Waals surface area (Å²) in [6.45, 7) is 1.54. The fraction of sp³-hybridized carbons (Fsp3) is 0.125. The fourth-order valence-electron chi connectivity index (χ4n) is 1.71. The number of rotatable bonds is 5. The summed E-state index contributed by atoms with van der Waals surface area (Å²) in [5, 5.41) is 14.0. The van der Waals surface area contributed by atoms with Crippen molar-refractivity contribution < 1.29 is 14.6 Å². The summed E-state index contributed by atoms with van der Waals surface area (Å²) in [4.78, 5) is 11.8. The molecule has 0 saturated carbocycles. The van der Waals surface area contributed by atoms with Gasteiger partial charge in [0.15, 0.2) is 6.61 Å². The molecule has 5 nitrogen and oxygen atoms in total. The Morgan fingerprint density at radius 1 is 1.35 bits per heavy atom. The molecular formula is C16H14BrClN2O3. The number of aromatic hydroxyl groups is 1. The first-order valence-electron chi connectivity index (χ1n) is 6.66. The van der Waals surface area contributed by atoms with E-state index in [2.05, 4.69) is 26.5 Å². The van der Waals surface area contributed by atoms with Gasteiger partial charge in [-0.15, -0.1) is 0 Å². The first-order valence-corrected chi connectivity index (χ1v) is 7.83. The normalized spacial score (nSPS) is 11.2. The highest BCUT2D eigenvalue weighted by atomic mass is 79.9. The van der Waals surface area contributed by atoms with E-state index in [4.69, 9.17) is 16.3 Å². The van der Waals surface area contributed by atoms with Crippen molar-refractivity contribution in [3.8, 4) is 11.5 Å². The largest absolute Gasteiger partial charge is 0.508 e. The number of hydrogen-bond acceptors (Lipinski definition) is 4. The van der Waals surface area contributed by atoms with E-state index in [1.807, 2.05) is 0 Å². The third-order valence-corrected chi connectivity index (χ3v) is 3.72. The molecule has 120 valence electrons. The highest BCUT2D eigenvalue weighted by Gasteiger charge is 2.06. The molecule has 1 amide bonds. The van der Waals surface area contributed by atoms with Gasteiger partial charge in [0.05, 0.1) is 10.2 Å². The average Bonchev–Trinajstić information content (AvgIpc) is 2.51. The molecule has 0 heterocycles. The fourth-order valence-corrected chi connectivity index (χ4v) is 2.51. The number of nitrogens with zero attached hydrogens (tertiary/aromatic N) is 1. The van der Waals surface area contributed by atoms with Gasteiger partial charge in [-0.25, -0.2) is 5.43 Å². The van der Waals surface area contributed by atoms with Gasteiger partial charge in [-0.05, 0) is 53.2 Å². The van der Waals surface area contributed by atoms with Crippen LogP contribution in [0.3, 0.4) is 0 Å². The van der Waals surface area contributed by atoms with E-state index < -0.39 is 5.91 Å². The molecule has 0 aliphatic heterocycles. The molecule has 23 heavy (non-hydrogen) atoms. The van der Waals surface area contributed by atoms with Crippen LogP contribution in [-0.2, 0) is 4.79 Å². The standard InChI is InChI=1S/C16H14BrClN2O3/c1-10(11-3-2-4-13(21)7-11)19-20-16(22)9-23-15-6-5-12(18)8-14(15)17/h2-8,21H,9H2,1H3,(H,20,22)/b19-10-. The molecule has 0 aromatic heterocycles. The molecule has 0 radical (unpaired) electrons. The second kappa shape index (κ2) is 7.99.